The van der Waals surface area contributed by atoms with Crippen LogP contribution < -0.4 is 0 Å². The van der Waals surface area contributed by atoms with Gasteiger partial charge in [0.2, 0.25) is 0 Å². The standard InChI is InChI=1S/C62H120O6/c1-4-7-10-13-16-18-20-22-24-26-28-30-31-32-34-35-37-39-41-43-46-49-52-55-61(64)67-58-59(57-66-60(63)54-51-48-45-15-12-9-6-3)68-62(65)56-53-50-47-44-42-40-38-36-33-29-27-25-23-21-19-17-14-11-8-5-2/h59H,4-58H2,1-3H3. The molecular weight excluding hydrogens is 841 g/mol. The Bertz CT molecular complexity index is 1010. The fourth-order valence-electron chi connectivity index (χ4n) is 9.68. The van der Waals surface area contributed by atoms with Crippen LogP contribution in [0.3, 0.4) is 0 Å². The molecule has 1 unspecified atom stereocenters. The van der Waals surface area contributed by atoms with Crippen molar-refractivity contribution in [2.45, 2.75) is 367 Å². The molecule has 0 amide bonds. The van der Waals surface area contributed by atoms with Crippen LogP contribution in [0.25, 0.3) is 0 Å². The van der Waals surface area contributed by atoms with Gasteiger partial charge in [0.15, 0.2) is 6.10 Å². The molecule has 0 aliphatic carbocycles. The van der Waals surface area contributed by atoms with Crippen LogP contribution in [0.5, 0.6) is 0 Å². The fourth-order valence-corrected chi connectivity index (χ4v) is 9.68. The molecule has 0 heterocycles. The molecule has 0 N–H and O–H groups in total. The number of esters is 3. The summed E-state index contributed by atoms with van der Waals surface area (Å²) in [5, 5.41) is 0. The number of unbranched alkanes of at least 4 members (excludes halogenated alkanes) is 47. The van der Waals surface area contributed by atoms with Crippen molar-refractivity contribution in [3.05, 3.63) is 0 Å². The van der Waals surface area contributed by atoms with Gasteiger partial charge >= 0.3 is 17.9 Å². The van der Waals surface area contributed by atoms with E-state index >= 15 is 0 Å². The van der Waals surface area contributed by atoms with Gasteiger partial charge in [-0.1, -0.05) is 323 Å². The molecule has 0 rings (SSSR count). The molecule has 68 heavy (non-hydrogen) atoms. The molecule has 1 atom stereocenters. The zero-order valence-corrected chi connectivity index (χ0v) is 46.4. The van der Waals surface area contributed by atoms with Crippen molar-refractivity contribution >= 4 is 17.9 Å². The molecule has 404 valence electrons. The number of carbonyl (C=O) groups is 3. The molecule has 0 saturated heterocycles. The molecule has 0 saturated carbocycles. The van der Waals surface area contributed by atoms with Crippen molar-refractivity contribution in [1.82, 2.24) is 0 Å². The third-order valence-electron chi connectivity index (χ3n) is 14.4. The van der Waals surface area contributed by atoms with Gasteiger partial charge in [-0.15, -0.1) is 0 Å². The highest BCUT2D eigenvalue weighted by atomic mass is 16.6. The Kier molecular flexibility index (Phi) is 56.6. The van der Waals surface area contributed by atoms with Gasteiger partial charge in [-0.05, 0) is 19.3 Å². The highest BCUT2D eigenvalue weighted by molar-refractivity contribution is 5.71. The Morgan fingerprint density at radius 2 is 0.397 bits per heavy atom. The summed E-state index contributed by atoms with van der Waals surface area (Å²) in [6, 6.07) is 0. The summed E-state index contributed by atoms with van der Waals surface area (Å²) >= 11 is 0. The lowest BCUT2D eigenvalue weighted by Gasteiger charge is -2.18. The number of hydrogen-bond acceptors (Lipinski definition) is 6. The van der Waals surface area contributed by atoms with E-state index in [4.69, 9.17) is 14.2 Å². The summed E-state index contributed by atoms with van der Waals surface area (Å²) in [5.74, 6) is -0.838. The highest BCUT2D eigenvalue weighted by Gasteiger charge is 2.19. The topological polar surface area (TPSA) is 78.9 Å². The average Bonchev–Trinajstić information content (AvgIpc) is 3.34. The van der Waals surface area contributed by atoms with E-state index in [0.717, 1.165) is 57.8 Å². The third kappa shape index (κ3) is 55.3. The number of rotatable bonds is 58. The summed E-state index contributed by atoms with van der Waals surface area (Å²) in [6.07, 6.45) is 65.6. The minimum atomic E-state index is -0.760. The maximum absolute atomic E-state index is 12.8. The van der Waals surface area contributed by atoms with E-state index in [-0.39, 0.29) is 31.1 Å². The highest BCUT2D eigenvalue weighted by Crippen LogP contribution is 2.18. The minimum Gasteiger partial charge on any atom is -0.462 e. The van der Waals surface area contributed by atoms with E-state index in [0.29, 0.717) is 19.3 Å². The zero-order valence-electron chi connectivity index (χ0n) is 46.4. The van der Waals surface area contributed by atoms with Gasteiger partial charge in [0, 0.05) is 19.3 Å². The second kappa shape index (κ2) is 58.0. The van der Waals surface area contributed by atoms with Crippen molar-refractivity contribution in [2.24, 2.45) is 0 Å². The van der Waals surface area contributed by atoms with Gasteiger partial charge < -0.3 is 14.2 Å². The molecule has 0 aliphatic rings. The number of hydrogen-bond donors (Lipinski definition) is 0. The molecule has 0 radical (unpaired) electrons. The number of ether oxygens (including phenoxy) is 3. The van der Waals surface area contributed by atoms with Crippen LogP contribution in [-0.4, -0.2) is 37.2 Å². The quantitative estimate of drug-likeness (QED) is 0.0343. The first-order valence-corrected chi connectivity index (χ1v) is 31.0. The third-order valence-corrected chi connectivity index (χ3v) is 14.4. The lowest BCUT2D eigenvalue weighted by atomic mass is 10.0. The Morgan fingerprint density at radius 1 is 0.235 bits per heavy atom. The molecule has 0 aromatic carbocycles. The predicted molar refractivity (Wildman–Crippen MR) is 294 cm³/mol. The van der Waals surface area contributed by atoms with Crippen LogP contribution in [0.15, 0.2) is 0 Å². The number of carbonyl (C=O) groups excluding carboxylic acids is 3. The van der Waals surface area contributed by atoms with Crippen LogP contribution in [0.2, 0.25) is 0 Å². The Balaban J connectivity index is 4.07. The van der Waals surface area contributed by atoms with Gasteiger partial charge in [0.25, 0.3) is 0 Å². The second-order valence-corrected chi connectivity index (χ2v) is 21.3. The van der Waals surface area contributed by atoms with Gasteiger partial charge in [0.1, 0.15) is 13.2 Å². The van der Waals surface area contributed by atoms with Crippen LogP contribution in [0.4, 0.5) is 0 Å². The molecule has 0 bridgehead atoms. The van der Waals surface area contributed by atoms with Crippen molar-refractivity contribution in [3.8, 4) is 0 Å². The first-order valence-electron chi connectivity index (χ1n) is 31.0. The zero-order chi connectivity index (χ0) is 49.3. The molecule has 0 aromatic rings. The molecule has 6 heteroatoms. The summed E-state index contributed by atoms with van der Waals surface area (Å²) in [6.45, 7) is 6.68. The van der Waals surface area contributed by atoms with Gasteiger partial charge in [-0.3, -0.25) is 14.4 Å². The molecule has 0 spiro atoms. The van der Waals surface area contributed by atoms with Crippen LogP contribution in [-0.2, 0) is 28.6 Å². The van der Waals surface area contributed by atoms with Crippen LogP contribution >= 0.6 is 0 Å². The Morgan fingerprint density at radius 3 is 0.588 bits per heavy atom. The molecule has 6 nitrogen and oxygen atoms in total. The lowest BCUT2D eigenvalue weighted by Crippen LogP contribution is -2.30. The monoisotopic (exact) mass is 961 g/mol. The first kappa shape index (κ1) is 66.4. The van der Waals surface area contributed by atoms with E-state index < -0.39 is 6.10 Å². The maximum Gasteiger partial charge on any atom is 0.306 e. The summed E-state index contributed by atoms with van der Waals surface area (Å²) in [5.41, 5.74) is 0. The smallest absolute Gasteiger partial charge is 0.306 e. The van der Waals surface area contributed by atoms with Gasteiger partial charge in [-0.25, -0.2) is 0 Å². The van der Waals surface area contributed by atoms with E-state index in [9.17, 15) is 14.4 Å². The van der Waals surface area contributed by atoms with E-state index in [1.807, 2.05) is 0 Å². The van der Waals surface area contributed by atoms with Crippen LogP contribution in [0.1, 0.15) is 361 Å². The summed E-state index contributed by atoms with van der Waals surface area (Å²) < 4.78 is 16.8. The SMILES string of the molecule is CCCCCCCCCCCCCCCCCCCCCCCCCC(=O)OCC(COC(=O)CCCCCCCCC)OC(=O)CCCCCCCCCCCCCCCCCCCCCC. The normalized spacial score (nSPS) is 11.9. The average molecular weight is 962 g/mol. The molecular formula is C62H120O6. The van der Waals surface area contributed by atoms with E-state index in [2.05, 4.69) is 20.8 Å². The van der Waals surface area contributed by atoms with Gasteiger partial charge in [-0.2, -0.15) is 0 Å². The van der Waals surface area contributed by atoms with Crippen molar-refractivity contribution in [3.63, 3.8) is 0 Å². The van der Waals surface area contributed by atoms with Crippen molar-refractivity contribution < 1.29 is 28.6 Å². The first-order chi connectivity index (χ1) is 33.5. The molecule has 0 aromatic heterocycles. The molecule has 0 fully saturated rings. The van der Waals surface area contributed by atoms with Crippen molar-refractivity contribution in [1.29, 1.82) is 0 Å². The van der Waals surface area contributed by atoms with Crippen molar-refractivity contribution in [2.75, 3.05) is 13.2 Å². The largest absolute Gasteiger partial charge is 0.462 e. The molecule has 0 aliphatic heterocycles. The Labute approximate surface area is 425 Å². The van der Waals surface area contributed by atoms with Crippen LogP contribution in [0, 0.1) is 0 Å². The maximum atomic E-state index is 12.8. The van der Waals surface area contributed by atoms with Gasteiger partial charge in [0.05, 0.1) is 0 Å². The Hall–Kier alpha value is -1.59. The summed E-state index contributed by atoms with van der Waals surface area (Å²) in [4.78, 5) is 38.0. The second-order valence-electron chi connectivity index (χ2n) is 21.3. The lowest BCUT2D eigenvalue weighted by molar-refractivity contribution is -0.167. The van der Waals surface area contributed by atoms with E-state index in [1.165, 1.54) is 263 Å². The predicted octanol–water partition coefficient (Wildman–Crippen LogP) is 20.7. The summed E-state index contributed by atoms with van der Waals surface area (Å²) in [7, 11) is 0. The fraction of sp³-hybridized carbons (Fsp3) is 0.952. The van der Waals surface area contributed by atoms with E-state index in [1.54, 1.807) is 0 Å². The minimum absolute atomic E-state index is 0.0616.